The summed E-state index contributed by atoms with van der Waals surface area (Å²) in [5.41, 5.74) is -1.24. The number of hydrogen-bond donors (Lipinski definition) is 6. The number of benzene rings is 1. The Morgan fingerprint density at radius 2 is 1.74 bits per heavy atom. The topological polar surface area (TPSA) is 186 Å². The maximum absolute atomic E-state index is 13.8. The second kappa shape index (κ2) is 12.6. The first-order valence-corrected chi connectivity index (χ1v) is 13.4. The number of carbonyl (C=O) groups is 4. The summed E-state index contributed by atoms with van der Waals surface area (Å²) in [5.74, 6) is -2.95. The van der Waals surface area contributed by atoms with Crippen LogP contribution in [0.2, 0.25) is 0 Å². The molecule has 0 aliphatic carbocycles. The predicted molar refractivity (Wildman–Crippen MR) is 148 cm³/mol. The van der Waals surface area contributed by atoms with Gasteiger partial charge in [-0.15, -0.1) is 0 Å². The molecule has 1 aliphatic heterocycles. The van der Waals surface area contributed by atoms with E-state index in [2.05, 4.69) is 10.6 Å². The second-order valence-electron chi connectivity index (χ2n) is 7.88. The molecule has 3 unspecified atom stereocenters. The molecule has 2 rings (SSSR count). The van der Waals surface area contributed by atoms with Crippen molar-refractivity contribution in [3.05, 3.63) is 21.8 Å². The van der Waals surface area contributed by atoms with Gasteiger partial charge in [-0.2, -0.15) is 0 Å². The lowest BCUT2D eigenvalue weighted by atomic mass is 10.0. The molecule has 0 bridgehead atoms. The van der Waals surface area contributed by atoms with Gasteiger partial charge < -0.3 is 40.7 Å². The van der Waals surface area contributed by atoms with Crippen LogP contribution >= 0.6 is 67.8 Å². The van der Waals surface area contributed by atoms with Crippen LogP contribution in [0.4, 0.5) is 5.69 Å². The zero-order valence-electron chi connectivity index (χ0n) is 18.6. The van der Waals surface area contributed by atoms with E-state index in [-0.39, 0.29) is 33.5 Å². The number of carboxylic acids is 1. The third-order valence-corrected chi connectivity index (χ3v) is 8.31. The summed E-state index contributed by atoms with van der Waals surface area (Å²) in [6.07, 6.45) is -2.54. The van der Waals surface area contributed by atoms with Gasteiger partial charge in [-0.3, -0.25) is 19.2 Å². The van der Waals surface area contributed by atoms with E-state index in [1.54, 1.807) is 0 Å². The highest BCUT2D eigenvalue weighted by Crippen LogP contribution is 2.39. The summed E-state index contributed by atoms with van der Waals surface area (Å²) >= 11 is 5.57. The highest BCUT2D eigenvalue weighted by atomic mass is 127. The molecule has 0 spiro atoms. The van der Waals surface area contributed by atoms with Crippen LogP contribution in [0.5, 0.6) is 0 Å². The fourth-order valence-electron chi connectivity index (χ4n) is 3.50. The van der Waals surface area contributed by atoms with Crippen LogP contribution in [-0.4, -0.2) is 93.3 Å². The number of aliphatic carboxylic acids is 1. The molecule has 6 N–H and O–H groups in total. The van der Waals surface area contributed by atoms with Gasteiger partial charge >= 0.3 is 5.97 Å². The number of rotatable bonds is 9. The Labute approximate surface area is 241 Å². The predicted octanol–water partition coefficient (Wildman–Crippen LogP) is 0.566. The van der Waals surface area contributed by atoms with Gasteiger partial charge in [0, 0.05) is 17.0 Å². The van der Waals surface area contributed by atoms with Crippen LogP contribution in [0.25, 0.3) is 0 Å². The lowest BCUT2D eigenvalue weighted by Gasteiger charge is -2.33. The molecule has 1 aromatic rings. The molecule has 1 aromatic carbocycles. The summed E-state index contributed by atoms with van der Waals surface area (Å²) in [5, 5.41) is 42.7. The van der Waals surface area contributed by atoms with Crippen molar-refractivity contribution in [3.63, 3.8) is 0 Å². The Morgan fingerprint density at radius 1 is 1.14 bits per heavy atom. The average molecular weight is 831 g/mol. The Hall–Kier alpha value is -0.870. The minimum absolute atomic E-state index is 0.0435. The zero-order chi connectivity index (χ0) is 26.7. The summed E-state index contributed by atoms with van der Waals surface area (Å²) in [6, 6.07) is 0. The molecule has 0 saturated carbocycles. The fraction of sp³-hybridized carbons (Fsp3) is 0.500. The maximum atomic E-state index is 13.8. The largest absolute Gasteiger partial charge is 0.481 e. The fourth-order valence-corrected chi connectivity index (χ4v) is 7.89. The first-order valence-electron chi connectivity index (χ1n) is 10.1. The van der Waals surface area contributed by atoms with Gasteiger partial charge in [-0.25, -0.2) is 0 Å². The van der Waals surface area contributed by atoms with E-state index in [0.29, 0.717) is 7.14 Å². The zero-order valence-corrected chi connectivity index (χ0v) is 25.1. The number of aliphatic hydroxyl groups is 3. The highest BCUT2D eigenvalue weighted by Gasteiger charge is 2.48. The standard InChI is InChI=1S/C20H24I3N3O9/c1-8(29)25-17-15(22)12(18(33)24-4-9(30)6-27)14(21)13(16(17)23)19(34)26-5-10(7-28)35-20(26,2)3-11(31)32/h9-10,27-28,30H,3-7H2,1-2H3,(H,24,33)(H,25,29)(H,31,32). The van der Waals surface area contributed by atoms with E-state index < -0.39 is 61.3 Å². The SMILES string of the molecule is CC(=O)Nc1c(I)c(C(=O)NCC(O)CO)c(I)c(C(=O)N2CC(CO)OC2(C)CC(=O)O)c1I. The van der Waals surface area contributed by atoms with Crippen LogP contribution < -0.4 is 10.6 Å². The van der Waals surface area contributed by atoms with Gasteiger partial charge in [0.2, 0.25) is 5.91 Å². The van der Waals surface area contributed by atoms with Crippen molar-refractivity contribution < 1.29 is 44.3 Å². The molecule has 1 saturated heterocycles. The van der Waals surface area contributed by atoms with Crippen molar-refractivity contribution in [2.75, 3.05) is 31.6 Å². The van der Waals surface area contributed by atoms with Crippen molar-refractivity contribution in [2.24, 2.45) is 0 Å². The lowest BCUT2D eigenvalue weighted by molar-refractivity contribution is -0.150. The summed E-state index contributed by atoms with van der Waals surface area (Å²) in [6.45, 7) is 1.37. The first kappa shape index (κ1) is 30.4. The quantitative estimate of drug-likeness (QED) is 0.194. The number of ether oxygens (including phenoxy) is 1. The van der Waals surface area contributed by atoms with Crippen LogP contribution in [0.3, 0.4) is 0 Å². The number of nitrogens with zero attached hydrogens (tertiary/aromatic N) is 1. The molecule has 1 heterocycles. The minimum atomic E-state index is -1.56. The lowest BCUT2D eigenvalue weighted by Crippen LogP contribution is -2.48. The van der Waals surface area contributed by atoms with Crippen molar-refractivity contribution in [2.45, 2.75) is 38.2 Å². The van der Waals surface area contributed by atoms with Gasteiger partial charge in [0.05, 0.1) is 56.2 Å². The molecule has 0 aromatic heterocycles. The number of aliphatic hydroxyl groups excluding tert-OH is 3. The number of carbonyl (C=O) groups excluding carboxylic acids is 3. The van der Waals surface area contributed by atoms with Crippen LogP contribution in [0.15, 0.2) is 0 Å². The summed E-state index contributed by atoms with van der Waals surface area (Å²) in [7, 11) is 0. The Bertz CT molecular complexity index is 1040. The van der Waals surface area contributed by atoms with E-state index in [1.165, 1.54) is 18.7 Å². The van der Waals surface area contributed by atoms with E-state index in [1.807, 2.05) is 67.8 Å². The number of amides is 3. The van der Waals surface area contributed by atoms with E-state index in [0.717, 1.165) is 0 Å². The highest BCUT2D eigenvalue weighted by molar-refractivity contribution is 14.1. The molecule has 12 nitrogen and oxygen atoms in total. The van der Waals surface area contributed by atoms with Crippen LogP contribution in [0, 0.1) is 10.7 Å². The molecule has 35 heavy (non-hydrogen) atoms. The molecule has 0 radical (unpaired) electrons. The van der Waals surface area contributed by atoms with Gasteiger partial charge in [0.15, 0.2) is 5.72 Å². The van der Waals surface area contributed by atoms with E-state index in [9.17, 15) is 34.5 Å². The van der Waals surface area contributed by atoms with Crippen LogP contribution in [-0.2, 0) is 14.3 Å². The second-order valence-corrected chi connectivity index (χ2v) is 11.1. The number of halogens is 3. The average Bonchev–Trinajstić information content (AvgIpc) is 3.10. The van der Waals surface area contributed by atoms with Crippen molar-refractivity contribution in [3.8, 4) is 0 Å². The molecule has 194 valence electrons. The van der Waals surface area contributed by atoms with Gasteiger partial charge in [-0.05, 0) is 74.7 Å². The van der Waals surface area contributed by atoms with Gasteiger partial charge in [0.1, 0.15) is 6.10 Å². The van der Waals surface area contributed by atoms with Crippen molar-refractivity contribution in [1.29, 1.82) is 0 Å². The maximum Gasteiger partial charge on any atom is 0.308 e. The van der Waals surface area contributed by atoms with Gasteiger partial charge in [0.25, 0.3) is 11.8 Å². The van der Waals surface area contributed by atoms with Crippen LogP contribution in [0.1, 0.15) is 41.0 Å². The molecule has 3 atom stereocenters. The number of hydrogen-bond acceptors (Lipinski definition) is 8. The number of anilines is 1. The van der Waals surface area contributed by atoms with Crippen molar-refractivity contribution >= 4 is 97.2 Å². The van der Waals surface area contributed by atoms with Gasteiger partial charge in [-0.1, -0.05) is 0 Å². The van der Waals surface area contributed by atoms with E-state index in [4.69, 9.17) is 9.84 Å². The Kier molecular flexibility index (Phi) is 10.9. The monoisotopic (exact) mass is 831 g/mol. The summed E-state index contributed by atoms with van der Waals surface area (Å²) < 4.78 is 6.59. The normalized spacial score (nSPS) is 20.5. The van der Waals surface area contributed by atoms with Crippen molar-refractivity contribution in [1.82, 2.24) is 10.2 Å². The first-order chi connectivity index (χ1) is 16.3. The Balaban J connectivity index is 2.67. The third-order valence-electron chi connectivity index (χ3n) is 5.07. The smallest absolute Gasteiger partial charge is 0.308 e. The van der Waals surface area contributed by atoms with E-state index >= 15 is 0 Å². The Morgan fingerprint density at radius 3 is 2.26 bits per heavy atom. The molecule has 15 heteroatoms. The molecule has 3 amide bonds. The summed E-state index contributed by atoms with van der Waals surface area (Å²) in [4.78, 5) is 51.4. The molecule has 1 aliphatic rings. The molecule has 1 fully saturated rings. The molecular weight excluding hydrogens is 807 g/mol. The molecular formula is C20H24I3N3O9. The minimum Gasteiger partial charge on any atom is -0.481 e. The number of nitrogens with one attached hydrogen (secondary N) is 2. The number of carboxylic acid groups (broad SMARTS) is 1. The third kappa shape index (κ3) is 6.92.